The molecule has 6 heteroatoms. The van der Waals surface area contributed by atoms with Crippen LogP contribution in [0.2, 0.25) is 0 Å². The molecule has 0 aromatic carbocycles. The van der Waals surface area contributed by atoms with E-state index in [2.05, 4.69) is 55.9 Å². The fourth-order valence-corrected chi connectivity index (χ4v) is 5.81. The fraction of sp³-hybridized carbons (Fsp3) is 1.00. The summed E-state index contributed by atoms with van der Waals surface area (Å²) < 4.78 is 27.3. The average Bonchev–Trinajstić information content (AvgIpc) is 3.06. The Morgan fingerprint density at radius 2 is 0.681 bits per heavy atom. The van der Waals surface area contributed by atoms with Gasteiger partial charge in [0.25, 0.3) is 0 Å². The van der Waals surface area contributed by atoms with E-state index in [4.69, 9.17) is 18.9 Å². The van der Waals surface area contributed by atoms with E-state index in [-0.39, 0.29) is 5.41 Å². The van der Waals surface area contributed by atoms with Gasteiger partial charge >= 0.3 is 0 Å². The SMILES string of the molecule is CCCCCCCCCCCCOCC(CCCCCCCOCCCCCC)(COCC[N+](C)(C)CC)COCC[N+](C)(C)CC. The maximum atomic E-state index is 6.48. The van der Waals surface area contributed by atoms with Crippen LogP contribution in [0.3, 0.4) is 0 Å². The first kappa shape index (κ1) is 46.8. The summed E-state index contributed by atoms with van der Waals surface area (Å²) in [6.45, 7) is 19.9. The van der Waals surface area contributed by atoms with Gasteiger partial charge in [0.2, 0.25) is 0 Å². The Morgan fingerprint density at radius 1 is 0.362 bits per heavy atom. The summed E-state index contributed by atoms with van der Waals surface area (Å²) >= 11 is 0. The van der Waals surface area contributed by atoms with Gasteiger partial charge in [0, 0.05) is 25.2 Å². The number of ether oxygens (including phenoxy) is 4. The predicted octanol–water partition coefficient (Wildman–Crippen LogP) is 10.1. The molecule has 0 atom stereocenters. The minimum Gasteiger partial charge on any atom is -0.381 e. The van der Waals surface area contributed by atoms with E-state index in [9.17, 15) is 0 Å². The second kappa shape index (κ2) is 31.7. The molecular weight excluding hydrogens is 584 g/mol. The summed E-state index contributed by atoms with van der Waals surface area (Å²) in [5.41, 5.74) is -0.0766. The van der Waals surface area contributed by atoms with Crippen LogP contribution in [0.4, 0.5) is 0 Å². The molecule has 0 N–H and O–H groups in total. The topological polar surface area (TPSA) is 36.9 Å². The molecule has 0 radical (unpaired) electrons. The molecule has 0 aliphatic heterocycles. The molecule has 0 bridgehead atoms. The lowest BCUT2D eigenvalue weighted by atomic mass is 9.84. The van der Waals surface area contributed by atoms with E-state index < -0.39 is 0 Å². The lowest BCUT2D eigenvalue weighted by Crippen LogP contribution is -2.44. The molecule has 0 heterocycles. The fourth-order valence-electron chi connectivity index (χ4n) is 5.81. The van der Waals surface area contributed by atoms with Gasteiger partial charge in [-0.3, -0.25) is 0 Å². The minimum absolute atomic E-state index is 0.0766. The Kier molecular flexibility index (Phi) is 31.6. The molecule has 0 spiro atoms. The van der Waals surface area contributed by atoms with Gasteiger partial charge in [-0.15, -0.1) is 0 Å². The van der Waals surface area contributed by atoms with Crippen LogP contribution < -0.4 is 0 Å². The number of likely N-dealkylation sites (N-methyl/N-ethyl adjacent to an activating group) is 2. The van der Waals surface area contributed by atoms with Crippen molar-refractivity contribution in [2.45, 2.75) is 156 Å². The van der Waals surface area contributed by atoms with Crippen molar-refractivity contribution >= 4 is 0 Å². The number of rotatable bonds is 38. The summed E-state index contributed by atoms with van der Waals surface area (Å²) in [4.78, 5) is 0. The highest BCUT2D eigenvalue weighted by Crippen LogP contribution is 2.28. The first-order valence-corrected chi connectivity index (χ1v) is 20.6. The minimum atomic E-state index is -0.0766. The molecule has 0 saturated heterocycles. The first-order valence-electron chi connectivity index (χ1n) is 20.6. The van der Waals surface area contributed by atoms with Gasteiger partial charge in [-0.2, -0.15) is 0 Å². The molecule has 0 fully saturated rings. The molecule has 284 valence electrons. The Labute approximate surface area is 296 Å². The van der Waals surface area contributed by atoms with Gasteiger partial charge in [0.15, 0.2) is 0 Å². The normalized spacial score (nSPS) is 12.8. The van der Waals surface area contributed by atoms with Crippen LogP contribution in [0.5, 0.6) is 0 Å². The third kappa shape index (κ3) is 30.3. The summed E-state index contributed by atoms with van der Waals surface area (Å²) in [5, 5.41) is 0. The van der Waals surface area contributed by atoms with Gasteiger partial charge in [-0.25, -0.2) is 0 Å². The maximum Gasteiger partial charge on any atom is 0.102 e. The second-order valence-corrected chi connectivity index (χ2v) is 16.0. The monoisotopic (exact) mass is 673 g/mol. The zero-order valence-electron chi connectivity index (χ0n) is 33.7. The Morgan fingerprint density at radius 3 is 1.09 bits per heavy atom. The van der Waals surface area contributed by atoms with Crippen molar-refractivity contribution < 1.29 is 27.9 Å². The van der Waals surface area contributed by atoms with Crippen LogP contribution in [-0.2, 0) is 18.9 Å². The summed E-state index contributed by atoms with van der Waals surface area (Å²) in [7, 11) is 9.17. The third-order valence-corrected chi connectivity index (χ3v) is 10.4. The van der Waals surface area contributed by atoms with Crippen LogP contribution >= 0.6 is 0 Å². The third-order valence-electron chi connectivity index (χ3n) is 10.4. The highest BCUT2D eigenvalue weighted by atomic mass is 16.5. The lowest BCUT2D eigenvalue weighted by molar-refractivity contribution is -0.889. The van der Waals surface area contributed by atoms with Crippen molar-refractivity contribution in [3.8, 4) is 0 Å². The van der Waals surface area contributed by atoms with Crippen molar-refractivity contribution in [3.05, 3.63) is 0 Å². The predicted molar refractivity (Wildman–Crippen MR) is 204 cm³/mol. The van der Waals surface area contributed by atoms with Gasteiger partial charge in [0.1, 0.15) is 13.1 Å². The van der Waals surface area contributed by atoms with E-state index in [1.807, 2.05) is 0 Å². The van der Waals surface area contributed by atoms with Crippen LogP contribution in [0.1, 0.15) is 156 Å². The van der Waals surface area contributed by atoms with E-state index in [1.54, 1.807) is 0 Å². The number of hydrogen-bond donors (Lipinski definition) is 0. The number of hydrogen-bond acceptors (Lipinski definition) is 4. The molecule has 0 saturated carbocycles. The second-order valence-electron chi connectivity index (χ2n) is 16.0. The highest BCUT2D eigenvalue weighted by Gasteiger charge is 2.32. The molecule has 47 heavy (non-hydrogen) atoms. The van der Waals surface area contributed by atoms with Crippen LogP contribution in [0.25, 0.3) is 0 Å². The molecule has 0 amide bonds. The standard InChI is InChI=1S/C41H88N2O4/c1-9-13-15-17-18-19-20-21-24-29-35-45-38-41(39-46-36-31-42(5,6)11-3,40-47-37-32-43(7,8)12-4)30-26-23-22-25-28-34-44-33-27-16-14-10-2/h9-40H2,1-8H3/q+2. The summed E-state index contributed by atoms with van der Waals surface area (Å²) in [6.07, 6.45) is 26.0. The highest BCUT2D eigenvalue weighted by molar-refractivity contribution is 4.80. The van der Waals surface area contributed by atoms with Gasteiger partial charge in [-0.05, 0) is 39.5 Å². The van der Waals surface area contributed by atoms with E-state index in [0.717, 1.165) is 94.4 Å². The largest absolute Gasteiger partial charge is 0.381 e. The van der Waals surface area contributed by atoms with E-state index in [0.29, 0.717) is 0 Å². The molecule has 0 aromatic heterocycles. The number of quaternary nitrogens is 2. The average molecular weight is 673 g/mol. The summed E-state index contributed by atoms with van der Waals surface area (Å²) in [5.74, 6) is 0. The van der Waals surface area contributed by atoms with Crippen molar-refractivity contribution in [2.24, 2.45) is 5.41 Å². The molecule has 0 aliphatic rings. The smallest absolute Gasteiger partial charge is 0.102 e. The molecule has 0 aromatic rings. The zero-order chi connectivity index (χ0) is 35.0. The van der Waals surface area contributed by atoms with Gasteiger partial charge in [-0.1, -0.05) is 117 Å². The quantitative estimate of drug-likeness (QED) is 0.0483. The number of unbranched alkanes of at least 4 members (excludes halogenated alkanes) is 16. The van der Waals surface area contributed by atoms with Crippen molar-refractivity contribution in [2.75, 3.05) is 107 Å². The number of nitrogens with zero attached hydrogens (tertiary/aromatic N) is 2. The molecular formula is C41H88N2O4+2. The van der Waals surface area contributed by atoms with E-state index >= 15 is 0 Å². The molecule has 0 unspecified atom stereocenters. The van der Waals surface area contributed by atoms with E-state index in [1.165, 1.54) is 122 Å². The van der Waals surface area contributed by atoms with Gasteiger partial charge < -0.3 is 27.9 Å². The molecule has 0 aliphatic carbocycles. The lowest BCUT2D eigenvalue weighted by Gasteiger charge is -2.35. The summed E-state index contributed by atoms with van der Waals surface area (Å²) in [6, 6.07) is 0. The Hall–Kier alpha value is -0.240. The van der Waals surface area contributed by atoms with Crippen molar-refractivity contribution in [1.82, 2.24) is 0 Å². The molecule has 6 nitrogen and oxygen atoms in total. The Bertz CT molecular complexity index is 589. The maximum absolute atomic E-state index is 6.48. The van der Waals surface area contributed by atoms with Crippen LogP contribution in [-0.4, -0.2) is 116 Å². The van der Waals surface area contributed by atoms with Crippen molar-refractivity contribution in [1.29, 1.82) is 0 Å². The van der Waals surface area contributed by atoms with Gasteiger partial charge in [0.05, 0.1) is 74.3 Å². The first-order chi connectivity index (χ1) is 22.7. The molecule has 0 rings (SSSR count). The zero-order valence-corrected chi connectivity index (χ0v) is 33.7. The van der Waals surface area contributed by atoms with Crippen LogP contribution in [0.15, 0.2) is 0 Å². The van der Waals surface area contributed by atoms with Crippen molar-refractivity contribution in [3.63, 3.8) is 0 Å². The van der Waals surface area contributed by atoms with Crippen LogP contribution in [0, 0.1) is 5.41 Å². The Balaban J connectivity index is 4.91.